The zero-order valence-corrected chi connectivity index (χ0v) is 16.3. The first-order valence-corrected chi connectivity index (χ1v) is 9.39. The summed E-state index contributed by atoms with van der Waals surface area (Å²) >= 11 is 0. The van der Waals surface area contributed by atoms with Crippen molar-refractivity contribution in [2.45, 2.75) is 39.3 Å². The van der Waals surface area contributed by atoms with Crippen molar-refractivity contribution in [2.24, 2.45) is 0 Å². The molecule has 2 heterocycles. The minimum atomic E-state index is -0.194. The van der Waals surface area contributed by atoms with Gasteiger partial charge in [0, 0.05) is 18.5 Å². The van der Waals surface area contributed by atoms with Gasteiger partial charge in [-0.05, 0) is 43.5 Å². The molecule has 1 unspecified atom stereocenters. The van der Waals surface area contributed by atoms with Crippen molar-refractivity contribution in [3.05, 3.63) is 65.0 Å². The second-order valence-corrected chi connectivity index (χ2v) is 7.19. The van der Waals surface area contributed by atoms with Crippen LogP contribution in [0, 0.1) is 13.8 Å². The molecule has 1 aliphatic rings. The second kappa shape index (κ2) is 7.46. The van der Waals surface area contributed by atoms with Gasteiger partial charge in [-0.25, -0.2) is 0 Å². The average molecular weight is 377 g/mol. The summed E-state index contributed by atoms with van der Waals surface area (Å²) in [6.07, 6.45) is 1.18. The van der Waals surface area contributed by atoms with E-state index in [4.69, 9.17) is 9.26 Å². The first-order valence-electron chi connectivity index (χ1n) is 9.39. The predicted octanol–water partition coefficient (Wildman–Crippen LogP) is 4.23. The molecule has 1 fully saturated rings. The van der Waals surface area contributed by atoms with E-state index in [-0.39, 0.29) is 11.9 Å². The topological polar surface area (TPSA) is 68.5 Å². The molecular weight excluding hydrogens is 354 g/mol. The third kappa shape index (κ3) is 3.50. The van der Waals surface area contributed by atoms with Crippen LogP contribution in [0.25, 0.3) is 11.4 Å². The molecule has 0 N–H and O–H groups in total. The van der Waals surface area contributed by atoms with E-state index in [1.165, 1.54) is 11.1 Å². The fraction of sp³-hybridized carbons (Fsp3) is 0.318. The Kier molecular flexibility index (Phi) is 4.86. The number of rotatable bonds is 5. The Morgan fingerprint density at radius 1 is 1.21 bits per heavy atom. The molecule has 0 radical (unpaired) electrons. The highest BCUT2D eigenvalue weighted by Crippen LogP contribution is 2.34. The van der Waals surface area contributed by atoms with Gasteiger partial charge in [-0.3, -0.25) is 4.79 Å². The van der Waals surface area contributed by atoms with Crippen molar-refractivity contribution in [1.82, 2.24) is 15.0 Å². The molecule has 0 aliphatic carbocycles. The quantitative estimate of drug-likeness (QED) is 0.666. The van der Waals surface area contributed by atoms with Crippen molar-refractivity contribution in [3.63, 3.8) is 0 Å². The van der Waals surface area contributed by atoms with E-state index < -0.39 is 0 Å². The molecule has 1 aliphatic heterocycles. The van der Waals surface area contributed by atoms with Gasteiger partial charge < -0.3 is 14.2 Å². The van der Waals surface area contributed by atoms with Gasteiger partial charge in [0.2, 0.25) is 17.6 Å². The SMILES string of the molecule is COc1cccc(-c2noc(C3CCC(=O)N3Cc3ccc(C)cc3C)n2)c1. The van der Waals surface area contributed by atoms with Crippen LogP contribution >= 0.6 is 0 Å². The standard InChI is InChI=1S/C22H23N3O3/c1-14-7-8-17(15(2)11-14)13-25-19(9-10-20(25)26)22-23-21(24-28-22)16-5-4-6-18(12-16)27-3/h4-8,11-12,19H,9-10,13H2,1-3H3. The molecule has 0 spiro atoms. The van der Waals surface area contributed by atoms with E-state index in [9.17, 15) is 4.79 Å². The number of hydrogen-bond acceptors (Lipinski definition) is 5. The summed E-state index contributed by atoms with van der Waals surface area (Å²) in [4.78, 5) is 18.9. The van der Waals surface area contributed by atoms with Gasteiger partial charge in [0.1, 0.15) is 11.8 Å². The zero-order chi connectivity index (χ0) is 19.7. The van der Waals surface area contributed by atoms with Crippen molar-refractivity contribution in [2.75, 3.05) is 7.11 Å². The molecule has 1 atom stereocenters. The number of aryl methyl sites for hydroxylation is 2. The Hall–Kier alpha value is -3.15. The number of hydrogen-bond donors (Lipinski definition) is 0. The number of carbonyl (C=O) groups is 1. The van der Waals surface area contributed by atoms with E-state index in [2.05, 4.69) is 42.2 Å². The molecule has 6 nitrogen and oxygen atoms in total. The lowest BCUT2D eigenvalue weighted by molar-refractivity contribution is -0.130. The minimum absolute atomic E-state index is 0.117. The van der Waals surface area contributed by atoms with E-state index in [1.54, 1.807) is 7.11 Å². The van der Waals surface area contributed by atoms with Crippen LogP contribution in [0.5, 0.6) is 5.75 Å². The molecule has 144 valence electrons. The zero-order valence-electron chi connectivity index (χ0n) is 16.3. The molecular formula is C22H23N3O3. The minimum Gasteiger partial charge on any atom is -0.497 e. The summed E-state index contributed by atoms with van der Waals surface area (Å²) in [5.74, 6) is 1.83. The third-order valence-corrected chi connectivity index (χ3v) is 5.22. The molecule has 6 heteroatoms. The molecule has 1 aromatic heterocycles. The van der Waals surface area contributed by atoms with Gasteiger partial charge >= 0.3 is 0 Å². The molecule has 0 saturated carbocycles. The van der Waals surface area contributed by atoms with E-state index in [0.29, 0.717) is 31.1 Å². The molecule has 4 rings (SSSR count). The van der Waals surface area contributed by atoms with Crippen molar-refractivity contribution < 1.29 is 14.1 Å². The molecule has 0 bridgehead atoms. The lowest BCUT2D eigenvalue weighted by Crippen LogP contribution is -2.27. The van der Waals surface area contributed by atoms with Crippen LogP contribution in [-0.2, 0) is 11.3 Å². The van der Waals surface area contributed by atoms with Crippen LogP contribution in [0.4, 0.5) is 0 Å². The number of aromatic nitrogens is 2. The number of carbonyl (C=O) groups excluding carboxylic acids is 1. The number of methoxy groups -OCH3 is 1. The van der Waals surface area contributed by atoms with Crippen molar-refractivity contribution >= 4 is 5.91 Å². The van der Waals surface area contributed by atoms with E-state index in [1.807, 2.05) is 29.2 Å². The van der Waals surface area contributed by atoms with Crippen LogP contribution in [0.15, 0.2) is 47.0 Å². The summed E-state index contributed by atoms with van der Waals surface area (Å²) in [5, 5.41) is 4.12. The highest BCUT2D eigenvalue weighted by Gasteiger charge is 2.36. The van der Waals surface area contributed by atoms with Gasteiger partial charge in [-0.1, -0.05) is 41.1 Å². The summed E-state index contributed by atoms with van der Waals surface area (Å²) in [5.41, 5.74) is 4.35. The number of amides is 1. The molecule has 1 amide bonds. The Balaban J connectivity index is 1.59. The van der Waals surface area contributed by atoms with Gasteiger partial charge in [-0.2, -0.15) is 4.98 Å². The van der Waals surface area contributed by atoms with E-state index >= 15 is 0 Å². The lowest BCUT2D eigenvalue weighted by atomic mass is 10.0. The van der Waals surface area contributed by atoms with Crippen molar-refractivity contribution in [1.29, 1.82) is 0 Å². The molecule has 28 heavy (non-hydrogen) atoms. The van der Waals surface area contributed by atoms with Crippen LogP contribution < -0.4 is 4.74 Å². The van der Waals surface area contributed by atoms with Crippen LogP contribution in [-0.4, -0.2) is 28.1 Å². The van der Waals surface area contributed by atoms with Crippen LogP contribution in [0.2, 0.25) is 0 Å². The molecule has 2 aromatic carbocycles. The van der Waals surface area contributed by atoms with Gasteiger partial charge in [0.15, 0.2) is 0 Å². The lowest BCUT2D eigenvalue weighted by Gasteiger charge is -2.23. The normalized spacial score (nSPS) is 16.6. The van der Waals surface area contributed by atoms with Gasteiger partial charge in [0.05, 0.1) is 7.11 Å². The fourth-order valence-corrected chi connectivity index (χ4v) is 3.65. The number of nitrogens with zero attached hydrogens (tertiary/aromatic N) is 3. The first-order chi connectivity index (χ1) is 13.5. The average Bonchev–Trinajstić information content (AvgIpc) is 3.31. The largest absolute Gasteiger partial charge is 0.497 e. The predicted molar refractivity (Wildman–Crippen MR) is 105 cm³/mol. The molecule has 3 aromatic rings. The van der Waals surface area contributed by atoms with Crippen LogP contribution in [0.1, 0.15) is 41.5 Å². The highest BCUT2D eigenvalue weighted by atomic mass is 16.5. The smallest absolute Gasteiger partial charge is 0.249 e. The van der Waals surface area contributed by atoms with E-state index in [0.717, 1.165) is 16.9 Å². The Labute approximate surface area is 164 Å². The maximum atomic E-state index is 12.5. The summed E-state index contributed by atoms with van der Waals surface area (Å²) in [7, 11) is 1.62. The third-order valence-electron chi connectivity index (χ3n) is 5.22. The number of ether oxygens (including phenoxy) is 1. The van der Waals surface area contributed by atoms with Gasteiger partial charge in [0.25, 0.3) is 0 Å². The second-order valence-electron chi connectivity index (χ2n) is 7.19. The number of benzene rings is 2. The van der Waals surface area contributed by atoms with Crippen LogP contribution in [0.3, 0.4) is 0 Å². The monoisotopic (exact) mass is 377 g/mol. The first kappa shape index (κ1) is 18.2. The maximum Gasteiger partial charge on any atom is 0.249 e. The number of likely N-dealkylation sites (tertiary alicyclic amines) is 1. The fourth-order valence-electron chi connectivity index (χ4n) is 3.65. The Morgan fingerprint density at radius 2 is 2.07 bits per heavy atom. The highest BCUT2D eigenvalue weighted by molar-refractivity contribution is 5.79. The molecule has 1 saturated heterocycles. The summed E-state index contributed by atoms with van der Waals surface area (Å²) in [6.45, 7) is 4.69. The van der Waals surface area contributed by atoms with Gasteiger partial charge in [-0.15, -0.1) is 0 Å². The summed E-state index contributed by atoms with van der Waals surface area (Å²) in [6, 6.07) is 13.6. The Bertz CT molecular complexity index is 1010. The van der Waals surface area contributed by atoms with Crippen molar-refractivity contribution in [3.8, 4) is 17.1 Å². The summed E-state index contributed by atoms with van der Waals surface area (Å²) < 4.78 is 10.8. The maximum absolute atomic E-state index is 12.5. The Morgan fingerprint density at radius 3 is 2.86 bits per heavy atom.